The molecule has 4 nitrogen and oxygen atoms in total. The normalized spacial score (nSPS) is 21.6. The summed E-state index contributed by atoms with van der Waals surface area (Å²) < 4.78 is 4.39. The number of likely N-dealkylation sites (tertiary alicyclic amines) is 1. The number of esters is 1. The quantitative estimate of drug-likeness (QED) is 0.556. The van der Waals surface area contributed by atoms with Crippen LogP contribution in [0.4, 0.5) is 0 Å². The van der Waals surface area contributed by atoms with Crippen molar-refractivity contribution < 1.29 is 14.6 Å². The van der Waals surface area contributed by atoms with Gasteiger partial charge in [-0.3, -0.25) is 4.90 Å². The molecule has 1 aliphatic rings. The topological polar surface area (TPSA) is 49.8 Å². The fourth-order valence-electron chi connectivity index (χ4n) is 1.24. The molecule has 1 rings (SSSR count). The first kappa shape index (κ1) is 8.49. The summed E-state index contributed by atoms with van der Waals surface area (Å²) in [5.41, 5.74) is 0. The third-order valence-electron chi connectivity index (χ3n) is 1.90. The van der Waals surface area contributed by atoms with Gasteiger partial charge in [0.25, 0.3) is 0 Å². The molecule has 1 unspecified atom stereocenters. The van der Waals surface area contributed by atoms with E-state index in [9.17, 15) is 9.90 Å². The second-order valence-electron chi connectivity index (χ2n) is 2.64. The Morgan fingerprint density at radius 2 is 2.09 bits per heavy atom. The molecule has 1 heterocycles. The molecule has 1 saturated heterocycles. The number of aliphatic hydroxyl groups is 1. The number of hydrogen-bond donors (Lipinski definition) is 1. The van der Waals surface area contributed by atoms with E-state index in [0.29, 0.717) is 0 Å². The Morgan fingerprint density at radius 1 is 1.55 bits per heavy atom. The van der Waals surface area contributed by atoms with Crippen LogP contribution in [0.5, 0.6) is 0 Å². The highest BCUT2D eigenvalue weighted by atomic mass is 16.5. The standard InChI is InChI=1S/C7H13NO3/c1-11-7(10)6(9)8-4-2-3-5-8/h6,9H,2-5H2,1H3. The number of carbonyl (C=O) groups is 1. The lowest BCUT2D eigenvalue weighted by atomic mass is 10.4. The Bertz CT molecular complexity index is 143. The van der Waals surface area contributed by atoms with E-state index >= 15 is 0 Å². The van der Waals surface area contributed by atoms with Gasteiger partial charge in [-0.25, -0.2) is 4.79 Å². The smallest absolute Gasteiger partial charge is 0.350 e. The molecule has 0 aliphatic carbocycles. The second-order valence-corrected chi connectivity index (χ2v) is 2.64. The minimum Gasteiger partial charge on any atom is -0.466 e. The van der Waals surface area contributed by atoms with Crippen molar-refractivity contribution in [1.82, 2.24) is 4.90 Å². The molecule has 1 atom stereocenters. The number of rotatable bonds is 2. The van der Waals surface area contributed by atoms with Gasteiger partial charge in [0.2, 0.25) is 6.23 Å². The fourth-order valence-corrected chi connectivity index (χ4v) is 1.24. The molecule has 0 radical (unpaired) electrons. The monoisotopic (exact) mass is 159 g/mol. The minimum absolute atomic E-state index is 0.563. The summed E-state index contributed by atoms with van der Waals surface area (Å²) in [6.07, 6.45) is 1.05. The predicted octanol–water partition coefficient (Wildman–Crippen LogP) is -0.426. The largest absolute Gasteiger partial charge is 0.466 e. The molecule has 4 heteroatoms. The average Bonchev–Trinajstić information content (AvgIpc) is 2.53. The highest BCUT2D eigenvalue weighted by Crippen LogP contribution is 2.10. The van der Waals surface area contributed by atoms with Gasteiger partial charge in [0, 0.05) is 13.1 Å². The maximum Gasteiger partial charge on any atom is 0.350 e. The van der Waals surface area contributed by atoms with E-state index in [1.54, 1.807) is 4.90 Å². The number of aliphatic hydroxyl groups excluding tert-OH is 1. The molecule has 64 valence electrons. The first-order valence-electron chi connectivity index (χ1n) is 3.75. The summed E-state index contributed by atoms with van der Waals surface area (Å²) >= 11 is 0. The third-order valence-corrected chi connectivity index (χ3v) is 1.90. The van der Waals surface area contributed by atoms with E-state index < -0.39 is 12.2 Å². The van der Waals surface area contributed by atoms with Gasteiger partial charge in [-0.05, 0) is 12.8 Å². The molecule has 1 aliphatic heterocycles. The predicted molar refractivity (Wildman–Crippen MR) is 38.8 cm³/mol. The van der Waals surface area contributed by atoms with Crippen molar-refractivity contribution in [2.75, 3.05) is 20.2 Å². The fraction of sp³-hybridized carbons (Fsp3) is 0.857. The summed E-state index contributed by atoms with van der Waals surface area (Å²) in [6.45, 7) is 1.58. The number of methoxy groups -OCH3 is 1. The van der Waals surface area contributed by atoms with E-state index in [1.165, 1.54) is 7.11 Å². The van der Waals surface area contributed by atoms with E-state index in [0.717, 1.165) is 25.9 Å². The van der Waals surface area contributed by atoms with Crippen molar-refractivity contribution >= 4 is 5.97 Å². The van der Waals surface area contributed by atoms with E-state index in [-0.39, 0.29) is 0 Å². The summed E-state index contributed by atoms with van der Waals surface area (Å²) in [7, 11) is 1.28. The van der Waals surface area contributed by atoms with Gasteiger partial charge in [-0.2, -0.15) is 0 Å². The minimum atomic E-state index is -1.05. The molecule has 0 bridgehead atoms. The summed E-state index contributed by atoms with van der Waals surface area (Å²) in [5.74, 6) is -0.563. The van der Waals surface area contributed by atoms with Crippen LogP contribution in [0.2, 0.25) is 0 Å². The van der Waals surface area contributed by atoms with Crippen LogP contribution in [0, 0.1) is 0 Å². The number of ether oxygens (including phenoxy) is 1. The molecule has 1 fully saturated rings. The first-order chi connectivity index (χ1) is 5.25. The lowest BCUT2D eigenvalue weighted by Gasteiger charge is -2.19. The maximum absolute atomic E-state index is 10.8. The van der Waals surface area contributed by atoms with Crippen LogP contribution in [0.3, 0.4) is 0 Å². The van der Waals surface area contributed by atoms with E-state index in [2.05, 4.69) is 4.74 Å². The van der Waals surface area contributed by atoms with E-state index in [4.69, 9.17) is 0 Å². The van der Waals surface area contributed by atoms with Crippen molar-refractivity contribution in [3.63, 3.8) is 0 Å². The highest BCUT2D eigenvalue weighted by molar-refractivity contribution is 5.73. The molecule has 0 aromatic carbocycles. The Morgan fingerprint density at radius 3 is 2.55 bits per heavy atom. The lowest BCUT2D eigenvalue weighted by molar-refractivity contribution is -0.160. The molecule has 1 N–H and O–H groups in total. The van der Waals surface area contributed by atoms with E-state index in [1.807, 2.05) is 0 Å². The van der Waals surface area contributed by atoms with Crippen molar-refractivity contribution in [2.45, 2.75) is 19.1 Å². The Hall–Kier alpha value is -0.610. The zero-order valence-electron chi connectivity index (χ0n) is 6.62. The van der Waals surface area contributed by atoms with Gasteiger partial charge in [-0.1, -0.05) is 0 Å². The Balaban J connectivity index is 2.39. The summed E-state index contributed by atoms with van der Waals surface area (Å²) in [5, 5.41) is 9.27. The van der Waals surface area contributed by atoms with Crippen LogP contribution in [-0.2, 0) is 9.53 Å². The Labute approximate surface area is 65.8 Å². The number of carbonyl (C=O) groups excluding carboxylic acids is 1. The summed E-state index contributed by atoms with van der Waals surface area (Å²) in [6, 6.07) is 0. The van der Waals surface area contributed by atoms with Crippen LogP contribution in [-0.4, -0.2) is 42.4 Å². The molecule has 0 aromatic rings. The van der Waals surface area contributed by atoms with Gasteiger partial charge in [-0.15, -0.1) is 0 Å². The number of nitrogens with zero attached hydrogens (tertiary/aromatic N) is 1. The molecule has 0 spiro atoms. The molecular formula is C7H13NO3. The van der Waals surface area contributed by atoms with Crippen LogP contribution < -0.4 is 0 Å². The second kappa shape index (κ2) is 3.69. The van der Waals surface area contributed by atoms with Gasteiger partial charge < -0.3 is 9.84 Å². The SMILES string of the molecule is COC(=O)C(O)N1CCCC1. The molecule has 0 saturated carbocycles. The van der Waals surface area contributed by atoms with Crippen molar-refractivity contribution in [3.05, 3.63) is 0 Å². The van der Waals surface area contributed by atoms with Gasteiger partial charge in [0.1, 0.15) is 0 Å². The molecule has 0 amide bonds. The number of hydrogen-bond acceptors (Lipinski definition) is 4. The Kier molecular flexibility index (Phi) is 2.84. The lowest BCUT2D eigenvalue weighted by Crippen LogP contribution is -2.39. The zero-order valence-corrected chi connectivity index (χ0v) is 6.62. The van der Waals surface area contributed by atoms with Crippen LogP contribution >= 0.6 is 0 Å². The van der Waals surface area contributed by atoms with Crippen molar-refractivity contribution in [1.29, 1.82) is 0 Å². The first-order valence-corrected chi connectivity index (χ1v) is 3.75. The van der Waals surface area contributed by atoms with Gasteiger partial charge in [0.05, 0.1) is 7.11 Å². The average molecular weight is 159 g/mol. The van der Waals surface area contributed by atoms with Crippen molar-refractivity contribution in [2.24, 2.45) is 0 Å². The van der Waals surface area contributed by atoms with Crippen LogP contribution in [0.1, 0.15) is 12.8 Å². The van der Waals surface area contributed by atoms with Crippen LogP contribution in [0.15, 0.2) is 0 Å². The van der Waals surface area contributed by atoms with Crippen LogP contribution in [0.25, 0.3) is 0 Å². The zero-order chi connectivity index (χ0) is 8.27. The van der Waals surface area contributed by atoms with Gasteiger partial charge in [0.15, 0.2) is 0 Å². The van der Waals surface area contributed by atoms with Crippen molar-refractivity contribution in [3.8, 4) is 0 Å². The third kappa shape index (κ3) is 1.91. The maximum atomic E-state index is 10.8. The molecular weight excluding hydrogens is 146 g/mol. The molecule has 0 aromatic heterocycles. The summed E-state index contributed by atoms with van der Waals surface area (Å²) in [4.78, 5) is 12.5. The highest BCUT2D eigenvalue weighted by Gasteiger charge is 2.25. The van der Waals surface area contributed by atoms with Gasteiger partial charge >= 0.3 is 5.97 Å². The molecule has 11 heavy (non-hydrogen) atoms.